The molecule has 7 aromatic carbocycles. The van der Waals surface area contributed by atoms with Gasteiger partial charge in [-0.15, -0.1) is 60.3 Å². The predicted octanol–water partition coefficient (Wildman–Crippen LogP) is 13.7. The first kappa shape index (κ1) is 41.6. The maximum atomic E-state index is 14.8. The van der Waals surface area contributed by atoms with E-state index < -0.39 is 0 Å². The zero-order valence-corrected chi connectivity index (χ0v) is 39.2. The summed E-state index contributed by atoms with van der Waals surface area (Å²) in [5.74, 6) is 1.77. The quantitative estimate of drug-likeness (QED) is 0.118. The van der Waals surface area contributed by atoms with Crippen molar-refractivity contribution in [1.29, 1.82) is 0 Å². The van der Waals surface area contributed by atoms with E-state index in [1.807, 2.05) is 48.7 Å². The molecule has 0 aliphatic carbocycles. The second-order valence-electron chi connectivity index (χ2n) is 18.2. The molecule has 0 radical (unpaired) electrons. The van der Waals surface area contributed by atoms with Crippen LogP contribution in [0.25, 0.3) is 60.9 Å². The molecule has 0 atom stereocenters. The summed E-state index contributed by atoms with van der Waals surface area (Å²) in [5.41, 5.74) is 14.3. The van der Waals surface area contributed by atoms with Crippen molar-refractivity contribution in [3.05, 3.63) is 205 Å². The van der Waals surface area contributed by atoms with Gasteiger partial charge in [0, 0.05) is 73.9 Å². The van der Waals surface area contributed by atoms with Crippen LogP contribution in [0.15, 0.2) is 164 Å². The smallest absolute Gasteiger partial charge is 0.136 e. The molecule has 326 valence electrons. The standard InChI is InChI=1S/C58H45N6O.Pt/c1-58(2,3)42-29-30-59-55(34-42)64-49-25-11-10-22-46(49)47-28-27-41(33-50(47)64)57(65)40-20-14-21-43(32-40)62-37-63(53-36-51-48(35-52(53)62)60-54-26-12-13-31-61(51)54)56-44(38-16-6-4-7-17-38)23-15-24-45(56)39-18-8-5-9-19-39;/h4-11,14-25,27-30,34-37H,12-13,26,31H2,1-3H3;/q-3;. The molecule has 10 aromatic rings. The van der Waals surface area contributed by atoms with E-state index in [0.717, 1.165) is 115 Å². The van der Waals surface area contributed by atoms with Gasteiger partial charge in [-0.05, 0) is 76.2 Å². The predicted molar refractivity (Wildman–Crippen MR) is 263 cm³/mol. The number of hydrogen-bond acceptors (Lipinski definition) is 5. The largest absolute Gasteiger partial charge is 0.488 e. The molecule has 0 bridgehead atoms. The summed E-state index contributed by atoms with van der Waals surface area (Å²) in [6.45, 7) is 9.73. The number of para-hydroxylation sites is 2. The number of anilines is 4. The molecular weight excluding hydrogens is 992 g/mol. The fourth-order valence-corrected chi connectivity index (χ4v) is 9.84. The van der Waals surface area contributed by atoms with Crippen molar-refractivity contribution in [2.75, 3.05) is 9.80 Å². The van der Waals surface area contributed by atoms with Gasteiger partial charge in [-0.25, -0.2) is 9.97 Å². The summed E-state index contributed by atoms with van der Waals surface area (Å²) in [4.78, 5) is 29.3. The van der Waals surface area contributed by atoms with E-state index in [2.05, 4.69) is 174 Å². The molecular formula is C58H45N6OPt-3. The first-order chi connectivity index (χ1) is 31.8. The van der Waals surface area contributed by atoms with Gasteiger partial charge < -0.3 is 23.7 Å². The number of rotatable bonds is 7. The fourth-order valence-electron chi connectivity index (χ4n) is 9.84. The third-order valence-electron chi connectivity index (χ3n) is 13.1. The summed E-state index contributed by atoms with van der Waals surface area (Å²) in [5, 5.41) is 2.10. The van der Waals surface area contributed by atoms with Gasteiger partial charge in [0.1, 0.15) is 11.6 Å². The van der Waals surface area contributed by atoms with Gasteiger partial charge in [0.25, 0.3) is 0 Å². The first-order valence-corrected chi connectivity index (χ1v) is 22.5. The Morgan fingerprint density at radius 2 is 1.35 bits per heavy atom. The van der Waals surface area contributed by atoms with Crippen molar-refractivity contribution < 1.29 is 25.9 Å². The molecule has 7 nitrogen and oxygen atoms in total. The molecule has 0 N–H and O–H groups in total. The third-order valence-corrected chi connectivity index (χ3v) is 13.1. The molecule has 0 spiro atoms. The van der Waals surface area contributed by atoms with Gasteiger partial charge in [0.15, 0.2) is 0 Å². The second-order valence-corrected chi connectivity index (χ2v) is 18.2. The Morgan fingerprint density at radius 3 is 2.11 bits per heavy atom. The number of benzene rings is 7. The van der Waals surface area contributed by atoms with Gasteiger partial charge in [-0.2, -0.15) is 0 Å². The minimum Gasteiger partial charge on any atom is -0.488 e. The topological polar surface area (TPSA) is 59.2 Å². The Kier molecular flexibility index (Phi) is 10.3. The number of carbonyl (C=O) groups excluding carboxylic acids is 1. The van der Waals surface area contributed by atoms with Crippen LogP contribution in [0, 0.1) is 18.8 Å². The SMILES string of the molecule is CC(C)(C)c1ccnc(-n2c3[c-]c(C(=O)c4[c-]c(N5[CH-]N(c6c(-c7ccccc7)cccc6-c6ccccc6)c6cc7c(cc65)nc5n7CCCC5)ccc4)ccc3c3ccccc32)c1.[Pt]. The van der Waals surface area contributed by atoms with Crippen molar-refractivity contribution >= 4 is 61.4 Å². The minimum absolute atomic E-state index is 0. The van der Waals surface area contributed by atoms with Crippen LogP contribution in [0.4, 0.5) is 22.7 Å². The molecule has 0 amide bonds. The maximum absolute atomic E-state index is 14.8. The number of nitrogens with zero attached hydrogens (tertiary/aromatic N) is 6. The van der Waals surface area contributed by atoms with E-state index in [1.165, 1.54) is 5.56 Å². The van der Waals surface area contributed by atoms with Gasteiger partial charge in [0.2, 0.25) is 0 Å². The van der Waals surface area contributed by atoms with Crippen LogP contribution in [0.3, 0.4) is 0 Å². The van der Waals surface area contributed by atoms with Crippen LogP contribution < -0.4 is 9.80 Å². The van der Waals surface area contributed by atoms with Gasteiger partial charge in [-0.3, -0.25) is 0 Å². The van der Waals surface area contributed by atoms with Crippen molar-refractivity contribution in [3.63, 3.8) is 0 Å². The summed E-state index contributed by atoms with van der Waals surface area (Å²) in [6.07, 6.45) is 5.12. The van der Waals surface area contributed by atoms with E-state index in [4.69, 9.17) is 9.97 Å². The molecule has 66 heavy (non-hydrogen) atoms. The van der Waals surface area contributed by atoms with E-state index in [9.17, 15) is 4.79 Å². The maximum Gasteiger partial charge on any atom is 0.136 e. The van der Waals surface area contributed by atoms with Gasteiger partial charge >= 0.3 is 0 Å². The van der Waals surface area contributed by atoms with Crippen LogP contribution in [-0.2, 0) is 39.4 Å². The number of carbonyl (C=O) groups is 1. The number of aromatic nitrogens is 4. The summed E-state index contributed by atoms with van der Waals surface area (Å²) in [6, 6.07) is 61.8. The number of aryl methyl sites for hydroxylation is 2. The summed E-state index contributed by atoms with van der Waals surface area (Å²) in [7, 11) is 0. The minimum atomic E-state index is -0.156. The molecule has 0 saturated carbocycles. The normalized spacial score (nSPS) is 13.6. The molecule has 0 fully saturated rings. The zero-order chi connectivity index (χ0) is 43.8. The van der Waals surface area contributed by atoms with Gasteiger partial charge in [-0.1, -0.05) is 129 Å². The second kappa shape index (κ2) is 16.4. The van der Waals surface area contributed by atoms with E-state index in [1.54, 1.807) is 0 Å². The van der Waals surface area contributed by atoms with Crippen LogP contribution in [-0.4, -0.2) is 24.9 Å². The van der Waals surface area contributed by atoms with E-state index >= 15 is 0 Å². The molecule has 2 aliphatic rings. The van der Waals surface area contributed by atoms with Crippen molar-refractivity contribution in [1.82, 2.24) is 19.1 Å². The molecule has 3 aromatic heterocycles. The molecule has 8 heteroatoms. The van der Waals surface area contributed by atoms with Crippen LogP contribution >= 0.6 is 0 Å². The van der Waals surface area contributed by atoms with Crippen LogP contribution in [0.1, 0.15) is 60.9 Å². The fraction of sp³-hybridized carbons (Fsp3) is 0.138. The number of hydrogen-bond donors (Lipinski definition) is 0. The molecule has 0 unspecified atom stereocenters. The Morgan fingerprint density at radius 1 is 0.652 bits per heavy atom. The number of ketones is 1. The Bertz CT molecular complexity index is 3440. The molecule has 0 saturated heterocycles. The molecule has 2 aliphatic heterocycles. The zero-order valence-electron chi connectivity index (χ0n) is 36.9. The van der Waals surface area contributed by atoms with E-state index in [0.29, 0.717) is 11.1 Å². The van der Waals surface area contributed by atoms with Crippen LogP contribution in [0.2, 0.25) is 0 Å². The van der Waals surface area contributed by atoms with Gasteiger partial charge in [0.05, 0.1) is 16.8 Å². The van der Waals surface area contributed by atoms with Crippen molar-refractivity contribution in [2.45, 2.75) is 52.0 Å². The third kappa shape index (κ3) is 6.96. The summed E-state index contributed by atoms with van der Waals surface area (Å²) < 4.78 is 4.53. The number of fused-ring (bicyclic) bond motifs is 7. The number of imidazole rings is 1. The molecule has 12 rings (SSSR count). The van der Waals surface area contributed by atoms with E-state index in [-0.39, 0.29) is 32.3 Å². The van der Waals surface area contributed by atoms with Crippen LogP contribution in [0.5, 0.6) is 0 Å². The van der Waals surface area contributed by atoms with Crippen molar-refractivity contribution in [2.24, 2.45) is 0 Å². The monoisotopic (exact) mass is 1040 g/mol. The number of pyridine rings is 1. The summed E-state index contributed by atoms with van der Waals surface area (Å²) >= 11 is 0. The average Bonchev–Trinajstić information content (AvgIpc) is 4.02. The molecule has 5 heterocycles. The Hall–Kier alpha value is -7.08. The average molecular weight is 1040 g/mol. The first-order valence-electron chi connectivity index (χ1n) is 22.5. The Labute approximate surface area is 399 Å². The van der Waals surface area contributed by atoms with Crippen molar-refractivity contribution in [3.8, 4) is 28.1 Å². The Balaban J connectivity index is 0.00000481.